The number of ether oxygens (including phenoxy) is 1. The summed E-state index contributed by atoms with van der Waals surface area (Å²) in [5, 5.41) is 2.92. The van der Waals surface area contributed by atoms with E-state index in [4.69, 9.17) is 4.74 Å². The van der Waals surface area contributed by atoms with Gasteiger partial charge in [-0.1, -0.05) is 6.07 Å². The van der Waals surface area contributed by atoms with Crippen molar-refractivity contribution in [2.75, 3.05) is 13.2 Å². The highest BCUT2D eigenvalue weighted by molar-refractivity contribution is 5.76. The highest BCUT2D eigenvalue weighted by Crippen LogP contribution is 2.07. The molecule has 116 valence electrons. The van der Waals surface area contributed by atoms with E-state index in [0.29, 0.717) is 31.9 Å². The van der Waals surface area contributed by atoms with E-state index in [1.54, 1.807) is 12.4 Å². The summed E-state index contributed by atoms with van der Waals surface area (Å²) in [5.74, 6) is 0.682. The lowest BCUT2D eigenvalue weighted by Crippen LogP contribution is -2.26. The fourth-order valence-corrected chi connectivity index (χ4v) is 2.05. The number of nitrogens with one attached hydrogen (secondary N) is 1. The predicted octanol–water partition coefficient (Wildman–Crippen LogP) is 2.17. The van der Waals surface area contributed by atoms with Crippen LogP contribution in [0.2, 0.25) is 0 Å². The number of aryl methyl sites for hydroxylation is 1. The number of nitrogens with zero attached hydrogens (tertiary/aromatic N) is 2. The molecule has 2 aromatic heterocycles. The largest absolute Gasteiger partial charge is 0.478 e. The molecule has 0 atom stereocenters. The fourth-order valence-electron chi connectivity index (χ4n) is 2.05. The Labute approximate surface area is 130 Å². The molecule has 1 amide bonds. The number of pyridine rings is 2. The third-order valence-electron chi connectivity index (χ3n) is 3.17. The molecule has 0 fully saturated rings. The van der Waals surface area contributed by atoms with Gasteiger partial charge in [0.1, 0.15) is 0 Å². The van der Waals surface area contributed by atoms with Crippen molar-refractivity contribution in [1.29, 1.82) is 0 Å². The maximum Gasteiger partial charge on any atom is 0.220 e. The summed E-state index contributed by atoms with van der Waals surface area (Å²) in [6.07, 6.45) is 5.39. The van der Waals surface area contributed by atoms with Gasteiger partial charge in [-0.05, 0) is 37.1 Å². The zero-order valence-electron chi connectivity index (χ0n) is 12.8. The molecule has 0 aliphatic carbocycles. The van der Waals surface area contributed by atoms with Gasteiger partial charge in [0.25, 0.3) is 0 Å². The molecular weight excluding hydrogens is 278 g/mol. The number of hydrogen-bond donors (Lipinski definition) is 1. The summed E-state index contributed by atoms with van der Waals surface area (Å²) in [4.78, 5) is 20.1. The first kappa shape index (κ1) is 15.9. The van der Waals surface area contributed by atoms with E-state index in [-0.39, 0.29) is 5.91 Å². The molecule has 0 aromatic carbocycles. The summed E-state index contributed by atoms with van der Waals surface area (Å²) in [5.41, 5.74) is 2.04. The van der Waals surface area contributed by atoms with Crippen LogP contribution in [0.1, 0.15) is 24.6 Å². The van der Waals surface area contributed by atoms with E-state index in [0.717, 1.165) is 17.7 Å². The average molecular weight is 299 g/mol. The van der Waals surface area contributed by atoms with Crippen LogP contribution in [-0.2, 0) is 17.6 Å². The van der Waals surface area contributed by atoms with Crippen LogP contribution in [0.15, 0.2) is 42.7 Å². The van der Waals surface area contributed by atoms with E-state index in [1.807, 2.05) is 37.3 Å². The Bertz CT molecular complexity index is 587. The van der Waals surface area contributed by atoms with Crippen LogP contribution in [0, 0.1) is 0 Å². The van der Waals surface area contributed by atoms with Gasteiger partial charge >= 0.3 is 0 Å². The second-order valence-electron chi connectivity index (χ2n) is 4.86. The van der Waals surface area contributed by atoms with Gasteiger partial charge in [0.2, 0.25) is 11.8 Å². The van der Waals surface area contributed by atoms with Gasteiger partial charge in [0, 0.05) is 43.5 Å². The lowest BCUT2D eigenvalue weighted by Gasteiger charge is -2.07. The third kappa shape index (κ3) is 5.52. The van der Waals surface area contributed by atoms with Crippen molar-refractivity contribution >= 4 is 5.91 Å². The summed E-state index contributed by atoms with van der Waals surface area (Å²) in [6.45, 7) is 3.11. The molecule has 2 aromatic rings. The van der Waals surface area contributed by atoms with Crippen LogP contribution in [0.3, 0.4) is 0 Å². The molecular formula is C17H21N3O2. The Balaban J connectivity index is 1.69. The smallest absolute Gasteiger partial charge is 0.220 e. The number of carbonyl (C=O) groups is 1. The zero-order chi connectivity index (χ0) is 15.6. The van der Waals surface area contributed by atoms with Gasteiger partial charge in [-0.3, -0.25) is 9.78 Å². The maximum atomic E-state index is 11.8. The lowest BCUT2D eigenvalue weighted by molar-refractivity contribution is -0.121. The highest BCUT2D eigenvalue weighted by Gasteiger charge is 2.03. The topological polar surface area (TPSA) is 64.1 Å². The average Bonchev–Trinajstić information content (AvgIpc) is 2.55. The van der Waals surface area contributed by atoms with Crippen LogP contribution in [-0.4, -0.2) is 29.0 Å². The number of amides is 1. The fraction of sp³-hybridized carbons (Fsp3) is 0.353. The SMILES string of the molecule is CCOc1cccc(CCNC(=O)CCc2ccncc2)n1. The Morgan fingerprint density at radius 3 is 2.77 bits per heavy atom. The minimum Gasteiger partial charge on any atom is -0.478 e. The van der Waals surface area contributed by atoms with E-state index < -0.39 is 0 Å². The quantitative estimate of drug-likeness (QED) is 0.811. The summed E-state index contributed by atoms with van der Waals surface area (Å²) in [6, 6.07) is 9.54. The first-order chi connectivity index (χ1) is 10.8. The van der Waals surface area contributed by atoms with Crippen molar-refractivity contribution in [1.82, 2.24) is 15.3 Å². The number of hydrogen-bond acceptors (Lipinski definition) is 4. The molecule has 0 aliphatic rings. The van der Waals surface area contributed by atoms with Crippen molar-refractivity contribution in [2.24, 2.45) is 0 Å². The van der Waals surface area contributed by atoms with Crippen LogP contribution in [0.5, 0.6) is 5.88 Å². The van der Waals surface area contributed by atoms with Gasteiger partial charge in [0.15, 0.2) is 0 Å². The van der Waals surface area contributed by atoms with Gasteiger partial charge in [-0.25, -0.2) is 4.98 Å². The second kappa shape index (κ2) is 8.77. The highest BCUT2D eigenvalue weighted by atomic mass is 16.5. The van der Waals surface area contributed by atoms with Gasteiger partial charge in [-0.2, -0.15) is 0 Å². The summed E-state index contributed by atoms with van der Waals surface area (Å²) in [7, 11) is 0. The van der Waals surface area contributed by atoms with Crippen LogP contribution in [0.4, 0.5) is 0 Å². The molecule has 0 saturated heterocycles. The van der Waals surface area contributed by atoms with Gasteiger partial charge in [-0.15, -0.1) is 0 Å². The van der Waals surface area contributed by atoms with Crippen LogP contribution in [0.25, 0.3) is 0 Å². The Morgan fingerprint density at radius 2 is 2.00 bits per heavy atom. The van der Waals surface area contributed by atoms with E-state index >= 15 is 0 Å². The standard InChI is InChI=1S/C17H21N3O2/c1-2-22-17-5-3-4-15(20-17)10-13-19-16(21)7-6-14-8-11-18-12-9-14/h3-5,8-9,11-12H,2,6-7,10,13H2,1H3,(H,19,21). The van der Waals surface area contributed by atoms with Crippen molar-refractivity contribution in [3.63, 3.8) is 0 Å². The molecule has 5 nitrogen and oxygen atoms in total. The first-order valence-electron chi connectivity index (χ1n) is 7.52. The van der Waals surface area contributed by atoms with Crippen LogP contribution >= 0.6 is 0 Å². The number of rotatable bonds is 8. The Morgan fingerprint density at radius 1 is 1.18 bits per heavy atom. The monoisotopic (exact) mass is 299 g/mol. The summed E-state index contributed by atoms with van der Waals surface area (Å²) >= 11 is 0. The molecule has 0 saturated carbocycles. The minimum atomic E-state index is 0.0535. The molecule has 0 bridgehead atoms. The van der Waals surface area contributed by atoms with Crippen molar-refractivity contribution < 1.29 is 9.53 Å². The Hall–Kier alpha value is -2.43. The normalized spacial score (nSPS) is 10.2. The Kier molecular flexibility index (Phi) is 6.36. The molecule has 0 unspecified atom stereocenters. The number of carbonyl (C=O) groups excluding carboxylic acids is 1. The minimum absolute atomic E-state index is 0.0535. The van der Waals surface area contributed by atoms with Crippen molar-refractivity contribution in [2.45, 2.75) is 26.2 Å². The molecule has 5 heteroatoms. The van der Waals surface area contributed by atoms with Gasteiger partial charge in [0.05, 0.1) is 6.61 Å². The third-order valence-corrected chi connectivity index (χ3v) is 3.17. The zero-order valence-corrected chi connectivity index (χ0v) is 12.8. The second-order valence-corrected chi connectivity index (χ2v) is 4.86. The van der Waals surface area contributed by atoms with Gasteiger partial charge < -0.3 is 10.1 Å². The van der Waals surface area contributed by atoms with E-state index in [9.17, 15) is 4.79 Å². The molecule has 0 spiro atoms. The predicted molar refractivity (Wildman–Crippen MR) is 84.7 cm³/mol. The molecule has 22 heavy (non-hydrogen) atoms. The number of aromatic nitrogens is 2. The molecule has 2 heterocycles. The van der Waals surface area contributed by atoms with E-state index in [2.05, 4.69) is 15.3 Å². The van der Waals surface area contributed by atoms with Crippen molar-refractivity contribution in [3.8, 4) is 5.88 Å². The van der Waals surface area contributed by atoms with E-state index in [1.165, 1.54) is 0 Å². The van der Waals surface area contributed by atoms with Crippen molar-refractivity contribution in [3.05, 3.63) is 54.0 Å². The molecule has 0 aliphatic heterocycles. The first-order valence-corrected chi connectivity index (χ1v) is 7.52. The molecule has 0 radical (unpaired) electrons. The maximum absolute atomic E-state index is 11.8. The lowest BCUT2D eigenvalue weighted by atomic mass is 10.1. The molecule has 2 rings (SSSR count). The molecule has 1 N–H and O–H groups in total. The summed E-state index contributed by atoms with van der Waals surface area (Å²) < 4.78 is 5.36. The van der Waals surface area contributed by atoms with Crippen LogP contribution < -0.4 is 10.1 Å².